The van der Waals surface area contributed by atoms with Gasteiger partial charge in [-0.2, -0.15) is 0 Å². The number of nitrogens with zero attached hydrogens (tertiary/aromatic N) is 2. The van der Waals surface area contributed by atoms with Gasteiger partial charge in [0, 0.05) is 13.2 Å². The lowest BCUT2D eigenvalue weighted by Crippen LogP contribution is -2.70. The molecule has 1 aromatic carbocycles. The lowest BCUT2D eigenvalue weighted by Gasteiger charge is -2.53. The van der Waals surface area contributed by atoms with Gasteiger partial charge in [0.15, 0.2) is 16.7 Å². The molecule has 8 nitrogen and oxygen atoms in total. The topological polar surface area (TPSA) is 99.9 Å². The number of amides is 1. The summed E-state index contributed by atoms with van der Waals surface area (Å²) in [4.78, 5) is 15.0. The van der Waals surface area contributed by atoms with Gasteiger partial charge in [-0.1, -0.05) is 40.5 Å². The molecule has 2 heterocycles. The zero-order valence-electron chi connectivity index (χ0n) is 17.5. The van der Waals surface area contributed by atoms with Crippen molar-refractivity contribution < 1.29 is 19.2 Å². The van der Waals surface area contributed by atoms with Crippen LogP contribution in [0.3, 0.4) is 0 Å². The number of hydrogen-bond donors (Lipinski definition) is 3. The van der Waals surface area contributed by atoms with Gasteiger partial charge in [-0.15, -0.1) is 0 Å². The Kier molecular flexibility index (Phi) is 7.12. The number of carbonyl (C=O) groups is 1. The van der Waals surface area contributed by atoms with Gasteiger partial charge in [-0.05, 0) is 44.6 Å². The number of aryl methyl sites for hydroxylation is 1. The van der Waals surface area contributed by atoms with Crippen LogP contribution >= 0.6 is 35.4 Å². The lowest BCUT2D eigenvalue weighted by atomic mass is 9.81. The second-order valence-corrected chi connectivity index (χ2v) is 8.80. The molecule has 2 aromatic rings. The van der Waals surface area contributed by atoms with E-state index in [0.29, 0.717) is 16.3 Å². The molecule has 4 atom stereocenters. The first kappa shape index (κ1) is 23.7. The Balaban J connectivity index is 2.07. The van der Waals surface area contributed by atoms with E-state index in [-0.39, 0.29) is 28.6 Å². The molecular weight excluding hydrogens is 463 g/mol. The summed E-state index contributed by atoms with van der Waals surface area (Å²) in [5.41, 5.74) is -1.16. The van der Waals surface area contributed by atoms with Crippen LogP contribution in [0.25, 0.3) is 0 Å². The Morgan fingerprint density at radius 2 is 2.23 bits per heavy atom. The SMILES string of the molecule is COCC(C)N1C(=S)NC(c2cccc(Cl)c2Cl)C(C(=O)Nc2cc(C)on2)C1(C)O. The maximum Gasteiger partial charge on any atom is 0.236 e. The van der Waals surface area contributed by atoms with Gasteiger partial charge in [0.1, 0.15) is 11.7 Å². The molecule has 3 N–H and O–H groups in total. The largest absolute Gasteiger partial charge is 0.383 e. The van der Waals surface area contributed by atoms with E-state index >= 15 is 0 Å². The standard InChI is InChI=1S/C20H24Cl2N4O4S/c1-10(9-29-4)26-19(31)24-17(12-6-5-7-13(21)16(12)22)15(20(26,3)28)18(27)23-14-8-11(2)30-25-14/h5-8,10,15,17,28H,9H2,1-4H3,(H,24,31)(H,23,25,27). The fourth-order valence-corrected chi connectivity index (χ4v) is 4.88. The molecule has 0 saturated carbocycles. The number of hydrogen-bond acceptors (Lipinski definition) is 6. The molecule has 1 aliphatic heterocycles. The molecule has 0 radical (unpaired) electrons. The predicted octanol–water partition coefficient (Wildman–Crippen LogP) is 3.52. The Labute approximate surface area is 195 Å². The summed E-state index contributed by atoms with van der Waals surface area (Å²) in [6, 6.07) is 5.61. The number of rotatable bonds is 6. The minimum absolute atomic E-state index is 0.235. The van der Waals surface area contributed by atoms with Gasteiger partial charge >= 0.3 is 0 Å². The zero-order chi connectivity index (χ0) is 22.9. The van der Waals surface area contributed by atoms with Gasteiger partial charge in [-0.3, -0.25) is 4.79 Å². The van der Waals surface area contributed by atoms with Gasteiger partial charge in [0.05, 0.1) is 28.7 Å². The summed E-state index contributed by atoms with van der Waals surface area (Å²) in [6.07, 6.45) is 0. The third-order valence-electron chi connectivity index (χ3n) is 5.23. The molecule has 1 aromatic heterocycles. The van der Waals surface area contributed by atoms with Crippen molar-refractivity contribution in [3.05, 3.63) is 45.6 Å². The van der Waals surface area contributed by atoms with E-state index in [1.165, 1.54) is 6.92 Å². The van der Waals surface area contributed by atoms with Crippen molar-refractivity contribution in [3.63, 3.8) is 0 Å². The van der Waals surface area contributed by atoms with E-state index < -0.39 is 23.6 Å². The van der Waals surface area contributed by atoms with Crippen LogP contribution in [0.2, 0.25) is 10.0 Å². The average molecular weight is 487 g/mol. The molecule has 0 spiro atoms. The third-order valence-corrected chi connectivity index (χ3v) is 6.38. The highest BCUT2D eigenvalue weighted by molar-refractivity contribution is 7.80. The van der Waals surface area contributed by atoms with Gasteiger partial charge in [0.25, 0.3) is 0 Å². The van der Waals surface area contributed by atoms with Gasteiger partial charge < -0.3 is 29.9 Å². The number of aliphatic hydroxyl groups is 1. The molecule has 168 valence electrons. The van der Waals surface area contributed by atoms with E-state index in [1.54, 1.807) is 43.2 Å². The maximum absolute atomic E-state index is 13.4. The summed E-state index contributed by atoms with van der Waals surface area (Å²) in [7, 11) is 1.55. The molecule has 1 fully saturated rings. The van der Waals surface area contributed by atoms with E-state index in [4.69, 9.17) is 44.7 Å². The number of nitrogens with one attached hydrogen (secondary N) is 2. The second-order valence-electron chi connectivity index (χ2n) is 7.63. The quantitative estimate of drug-likeness (QED) is 0.533. The van der Waals surface area contributed by atoms with Crippen LogP contribution in [0.1, 0.15) is 31.2 Å². The van der Waals surface area contributed by atoms with E-state index in [1.807, 2.05) is 6.92 Å². The monoisotopic (exact) mass is 486 g/mol. The van der Waals surface area contributed by atoms with Crippen molar-refractivity contribution in [3.8, 4) is 0 Å². The molecule has 31 heavy (non-hydrogen) atoms. The van der Waals surface area contributed by atoms with Crippen molar-refractivity contribution in [1.82, 2.24) is 15.4 Å². The summed E-state index contributed by atoms with van der Waals surface area (Å²) < 4.78 is 10.3. The van der Waals surface area contributed by atoms with Gasteiger partial charge in [-0.25, -0.2) is 0 Å². The fourth-order valence-electron chi connectivity index (χ4n) is 3.97. The Morgan fingerprint density at radius 3 is 2.84 bits per heavy atom. The smallest absolute Gasteiger partial charge is 0.236 e. The van der Waals surface area contributed by atoms with E-state index in [9.17, 15) is 9.90 Å². The first-order chi connectivity index (χ1) is 14.6. The number of anilines is 1. The minimum atomic E-state index is -1.69. The first-order valence-corrected chi connectivity index (χ1v) is 10.7. The predicted molar refractivity (Wildman–Crippen MR) is 122 cm³/mol. The molecule has 1 aliphatic rings. The highest BCUT2D eigenvalue weighted by Crippen LogP contribution is 2.42. The number of aromatic nitrogens is 1. The van der Waals surface area contributed by atoms with Crippen LogP contribution < -0.4 is 10.6 Å². The Bertz CT molecular complexity index is 984. The van der Waals surface area contributed by atoms with E-state index in [0.717, 1.165) is 0 Å². The van der Waals surface area contributed by atoms with Gasteiger partial charge in [0.2, 0.25) is 5.91 Å². The summed E-state index contributed by atoms with van der Waals surface area (Å²) >= 11 is 18.2. The number of ether oxygens (including phenoxy) is 1. The van der Waals surface area contributed by atoms with Crippen molar-refractivity contribution >= 4 is 52.3 Å². The summed E-state index contributed by atoms with van der Waals surface area (Å²) in [5.74, 6) is -0.774. The second kappa shape index (κ2) is 9.30. The van der Waals surface area contributed by atoms with Crippen LogP contribution in [-0.2, 0) is 9.53 Å². The normalized spacial score (nSPS) is 24.6. The molecule has 3 rings (SSSR count). The van der Waals surface area contributed by atoms with Crippen LogP contribution in [0.5, 0.6) is 0 Å². The number of thiocarbonyl (C=S) groups is 1. The van der Waals surface area contributed by atoms with Crippen molar-refractivity contribution in [2.24, 2.45) is 5.92 Å². The van der Waals surface area contributed by atoms with Crippen LogP contribution in [0.4, 0.5) is 5.82 Å². The number of methoxy groups -OCH3 is 1. The van der Waals surface area contributed by atoms with Crippen molar-refractivity contribution in [1.29, 1.82) is 0 Å². The molecule has 0 bridgehead atoms. The van der Waals surface area contributed by atoms with Crippen LogP contribution in [0.15, 0.2) is 28.8 Å². The number of carbonyl (C=O) groups excluding carboxylic acids is 1. The zero-order valence-corrected chi connectivity index (χ0v) is 19.8. The fraction of sp³-hybridized carbons (Fsp3) is 0.450. The Hall–Kier alpha value is -1.91. The van der Waals surface area contributed by atoms with Crippen LogP contribution in [-0.4, -0.2) is 51.7 Å². The first-order valence-electron chi connectivity index (χ1n) is 9.57. The van der Waals surface area contributed by atoms with Crippen molar-refractivity contribution in [2.45, 2.75) is 38.6 Å². The molecular formula is C20H24Cl2N4O4S. The van der Waals surface area contributed by atoms with Crippen LogP contribution in [0, 0.1) is 12.8 Å². The Morgan fingerprint density at radius 1 is 1.52 bits per heavy atom. The summed E-state index contributed by atoms with van der Waals surface area (Å²) in [6.45, 7) is 5.38. The number of halogens is 2. The van der Waals surface area contributed by atoms with E-state index in [2.05, 4.69) is 15.8 Å². The lowest BCUT2D eigenvalue weighted by molar-refractivity contribution is -0.159. The molecule has 11 heteroatoms. The number of benzene rings is 1. The maximum atomic E-state index is 13.4. The molecule has 1 amide bonds. The minimum Gasteiger partial charge on any atom is -0.383 e. The third kappa shape index (κ3) is 4.65. The highest BCUT2D eigenvalue weighted by atomic mass is 35.5. The molecule has 1 saturated heterocycles. The highest BCUT2D eigenvalue weighted by Gasteiger charge is 2.54. The summed E-state index contributed by atoms with van der Waals surface area (Å²) in [5, 5.41) is 22.2. The molecule has 4 unspecified atom stereocenters. The van der Waals surface area contributed by atoms with Crippen molar-refractivity contribution in [2.75, 3.05) is 19.0 Å². The molecule has 0 aliphatic carbocycles. The average Bonchev–Trinajstić information content (AvgIpc) is 3.07.